The van der Waals surface area contributed by atoms with Crippen LogP contribution in [0.25, 0.3) is 0 Å². The van der Waals surface area contributed by atoms with E-state index in [1.165, 1.54) is 12.8 Å². The van der Waals surface area contributed by atoms with Crippen molar-refractivity contribution in [3.05, 3.63) is 0 Å². The van der Waals surface area contributed by atoms with E-state index in [2.05, 4.69) is 17.3 Å². The molecule has 0 aromatic heterocycles. The molecule has 0 bridgehead atoms. The number of nitrogens with zero attached hydrogens (tertiary/aromatic N) is 1. The van der Waals surface area contributed by atoms with Crippen LogP contribution in [0, 0.1) is 0 Å². The average molecular weight is 213 g/mol. The van der Waals surface area contributed by atoms with E-state index in [0.717, 1.165) is 13.1 Å². The van der Waals surface area contributed by atoms with E-state index in [4.69, 9.17) is 5.73 Å². The fourth-order valence-corrected chi connectivity index (χ4v) is 1.81. The first kappa shape index (κ1) is 12.5. The van der Waals surface area contributed by atoms with Crippen molar-refractivity contribution in [3.63, 3.8) is 0 Å². The van der Waals surface area contributed by atoms with Gasteiger partial charge in [0.2, 0.25) is 5.91 Å². The van der Waals surface area contributed by atoms with Crippen LogP contribution in [0.5, 0.6) is 0 Å². The highest BCUT2D eigenvalue weighted by molar-refractivity contribution is 5.85. The summed E-state index contributed by atoms with van der Waals surface area (Å²) in [6.45, 7) is 5.57. The van der Waals surface area contributed by atoms with Crippen LogP contribution < -0.4 is 11.1 Å². The molecule has 0 aromatic rings. The maximum Gasteiger partial charge on any atom is 0.239 e. The zero-order valence-electron chi connectivity index (χ0n) is 10.0. The van der Waals surface area contributed by atoms with Gasteiger partial charge in [0.25, 0.3) is 0 Å². The monoisotopic (exact) mass is 213 g/mol. The van der Waals surface area contributed by atoms with Gasteiger partial charge < -0.3 is 16.0 Å². The van der Waals surface area contributed by atoms with Gasteiger partial charge in [-0.25, -0.2) is 0 Å². The molecule has 0 saturated carbocycles. The molecule has 2 atom stereocenters. The lowest BCUT2D eigenvalue weighted by molar-refractivity contribution is -0.126. The Balaban J connectivity index is 2.34. The van der Waals surface area contributed by atoms with Gasteiger partial charge in [-0.15, -0.1) is 0 Å². The Hall–Kier alpha value is -0.610. The fraction of sp³-hybridized carbons (Fsp3) is 0.909. The number of carbonyl (C=O) groups is 1. The van der Waals surface area contributed by atoms with Gasteiger partial charge in [0.1, 0.15) is 0 Å². The predicted octanol–water partition coefficient (Wildman–Crippen LogP) is 0.324. The molecule has 1 aliphatic rings. The lowest BCUT2D eigenvalue weighted by atomic mass is 9.99. The number of likely N-dealkylation sites (tertiary alicyclic amines) is 1. The fourth-order valence-electron chi connectivity index (χ4n) is 1.81. The van der Waals surface area contributed by atoms with Gasteiger partial charge in [-0.1, -0.05) is 6.92 Å². The van der Waals surface area contributed by atoms with Gasteiger partial charge >= 0.3 is 0 Å². The van der Waals surface area contributed by atoms with Crippen LogP contribution in [0.2, 0.25) is 0 Å². The first-order valence-electron chi connectivity index (χ1n) is 5.75. The highest BCUT2D eigenvalue weighted by Gasteiger charge is 2.27. The van der Waals surface area contributed by atoms with Gasteiger partial charge in [-0.2, -0.15) is 0 Å². The van der Waals surface area contributed by atoms with Gasteiger partial charge in [-0.05, 0) is 39.8 Å². The quantitative estimate of drug-likeness (QED) is 0.707. The smallest absolute Gasteiger partial charge is 0.239 e. The molecule has 4 heteroatoms. The van der Waals surface area contributed by atoms with Crippen LogP contribution in [0.3, 0.4) is 0 Å². The third-order valence-electron chi connectivity index (χ3n) is 3.42. The molecule has 1 aliphatic heterocycles. The van der Waals surface area contributed by atoms with Gasteiger partial charge in [-0.3, -0.25) is 4.79 Å². The number of likely N-dealkylation sites (N-methyl/N-ethyl adjacent to an activating group) is 1. The van der Waals surface area contributed by atoms with Crippen LogP contribution in [0.1, 0.15) is 33.1 Å². The van der Waals surface area contributed by atoms with Crippen LogP contribution in [-0.2, 0) is 4.79 Å². The molecule has 3 N–H and O–H groups in total. The highest BCUT2D eigenvalue weighted by atomic mass is 16.2. The molecular formula is C11H23N3O. The number of carbonyl (C=O) groups excluding carboxylic acids is 1. The molecular weight excluding hydrogens is 190 g/mol. The third-order valence-corrected chi connectivity index (χ3v) is 3.42. The van der Waals surface area contributed by atoms with E-state index in [1.807, 2.05) is 6.92 Å². The van der Waals surface area contributed by atoms with E-state index in [0.29, 0.717) is 12.5 Å². The van der Waals surface area contributed by atoms with Gasteiger partial charge in [0, 0.05) is 12.6 Å². The maximum absolute atomic E-state index is 11.7. The van der Waals surface area contributed by atoms with Crippen molar-refractivity contribution in [3.8, 4) is 0 Å². The Morgan fingerprint density at radius 2 is 2.33 bits per heavy atom. The first-order chi connectivity index (χ1) is 6.97. The van der Waals surface area contributed by atoms with E-state index in [1.54, 1.807) is 6.92 Å². The van der Waals surface area contributed by atoms with E-state index in [9.17, 15) is 4.79 Å². The van der Waals surface area contributed by atoms with E-state index in [-0.39, 0.29) is 5.91 Å². The summed E-state index contributed by atoms with van der Waals surface area (Å²) >= 11 is 0. The van der Waals surface area contributed by atoms with Crippen molar-refractivity contribution >= 4 is 5.91 Å². The van der Waals surface area contributed by atoms with Crippen molar-refractivity contribution in [2.24, 2.45) is 5.73 Å². The second-order valence-electron chi connectivity index (χ2n) is 4.76. The number of hydrogen-bond acceptors (Lipinski definition) is 3. The number of amides is 1. The van der Waals surface area contributed by atoms with E-state index >= 15 is 0 Å². The molecule has 0 aliphatic carbocycles. The van der Waals surface area contributed by atoms with Crippen molar-refractivity contribution in [1.29, 1.82) is 0 Å². The summed E-state index contributed by atoms with van der Waals surface area (Å²) < 4.78 is 0. The zero-order valence-corrected chi connectivity index (χ0v) is 10.0. The SMILES string of the molecule is CCC(C)(N)C(=O)NCC1CCCN1C. The Kier molecular flexibility index (Phi) is 4.11. The maximum atomic E-state index is 11.7. The summed E-state index contributed by atoms with van der Waals surface area (Å²) in [5.74, 6) is -0.0368. The second kappa shape index (κ2) is 4.94. The van der Waals surface area contributed by atoms with Crippen molar-refractivity contribution in [2.45, 2.75) is 44.7 Å². The average Bonchev–Trinajstić information content (AvgIpc) is 2.60. The summed E-state index contributed by atoms with van der Waals surface area (Å²) in [7, 11) is 2.10. The number of rotatable bonds is 4. The predicted molar refractivity (Wildman–Crippen MR) is 61.5 cm³/mol. The molecule has 0 aromatic carbocycles. The number of hydrogen-bond donors (Lipinski definition) is 2. The summed E-state index contributed by atoms with van der Waals surface area (Å²) in [4.78, 5) is 14.0. The van der Waals surface area contributed by atoms with Crippen molar-refractivity contribution < 1.29 is 4.79 Å². The molecule has 1 fully saturated rings. The summed E-state index contributed by atoms with van der Waals surface area (Å²) in [6.07, 6.45) is 3.06. The first-order valence-corrected chi connectivity index (χ1v) is 5.75. The molecule has 4 nitrogen and oxygen atoms in total. The molecule has 1 amide bonds. The van der Waals surface area contributed by atoms with Crippen LogP contribution >= 0.6 is 0 Å². The van der Waals surface area contributed by atoms with Gasteiger partial charge in [0.05, 0.1) is 5.54 Å². The largest absolute Gasteiger partial charge is 0.353 e. The molecule has 0 spiro atoms. The topological polar surface area (TPSA) is 58.4 Å². The normalized spacial score (nSPS) is 26.3. The zero-order chi connectivity index (χ0) is 11.5. The number of nitrogens with one attached hydrogen (secondary N) is 1. The Bertz CT molecular complexity index is 228. The summed E-state index contributed by atoms with van der Waals surface area (Å²) in [5, 5.41) is 2.94. The molecule has 2 unspecified atom stereocenters. The van der Waals surface area contributed by atoms with Crippen molar-refractivity contribution in [2.75, 3.05) is 20.1 Å². The molecule has 0 radical (unpaired) electrons. The molecule has 15 heavy (non-hydrogen) atoms. The minimum Gasteiger partial charge on any atom is -0.353 e. The van der Waals surface area contributed by atoms with Crippen molar-refractivity contribution in [1.82, 2.24) is 10.2 Å². The molecule has 1 heterocycles. The Morgan fingerprint density at radius 1 is 1.67 bits per heavy atom. The molecule has 88 valence electrons. The summed E-state index contributed by atoms with van der Waals surface area (Å²) in [6, 6.07) is 0.488. The minimum absolute atomic E-state index is 0.0368. The Labute approximate surface area is 92.2 Å². The molecule has 1 rings (SSSR count). The second-order valence-corrected chi connectivity index (χ2v) is 4.76. The lowest BCUT2D eigenvalue weighted by Gasteiger charge is -2.25. The van der Waals surface area contributed by atoms with Crippen LogP contribution in [-0.4, -0.2) is 42.5 Å². The minimum atomic E-state index is -0.725. The standard InChI is InChI=1S/C11H23N3O/c1-4-11(2,12)10(15)13-8-9-6-5-7-14(9)3/h9H,4-8,12H2,1-3H3,(H,13,15). The van der Waals surface area contributed by atoms with Crippen LogP contribution in [0.15, 0.2) is 0 Å². The van der Waals surface area contributed by atoms with Crippen LogP contribution in [0.4, 0.5) is 0 Å². The summed E-state index contributed by atoms with van der Waals surface area (Å²) in [5.41, 5.74) is 5.13. The van der Waals surface area contributed by atoms with E-state index < -0.39 is 5.54 Å². The molecule has 1 saturated heterocycles. The third kappa shape index (κ3) is 3.18. The number of nitrogens with two attached hydrogens (primary N) is 1. The van der Waals surface area contributed by atoms with Gasteiger partial charge in [0.15, 0.2) is 0 Å². The highest BCUT2D eigenvalue weighted by Crippen LogP contribution is 2.14. The Morgan fingerprint density at radius 3 is 2.80 bits per heavy atom. The lowest BCUT2D eigenvalue weighted by Crippen LogP contribution is -2.53.